The van der Waals surface area contributed by atoms with E-state index in [2.05, 4.69) is 38.8 Å². The van der Waals surface area contributed by atoms with Gasteiger partial charge in [0, 0.05) is 6.20 Å². The molecule has 1 unspecified atom stereocenters. The molecule has 0 radical (unpaired) electrons. The first kappa shape index (κ1) is 11.5. The van der Waals surface area contributed by atoms with Gasteiger partial charge in [-0.2, -0.15) is 0 Å². The molecule has 3 aromatic rings. The lowest BCUT2D eigenvalue weighted by atomic mass is 9.87. The lowest BCUT2D eigenvalue weighted by molar-refractivity contribution is 0.502. The minimum atomic E-state index is 0.250. The molecule has 0 aliphatic heterocycles. The fourth-order valence-corrected chi connectivity index (χ4v) is 3.25. The zero-order valence-electron chi connectivity index (χ0n) is 11.2. The summed E-state index contributed by atoms with van der Waals surface area (Å²) in [5.41, 5.74) is 10.7. The van der Waals surface area contributed by atoms with Crippen molar-refractivity contribution >= 4 is 17.1 Å². The Morgan fingerprint density at radius 1 is 1.15 bits per heavy atom. The number of hydrogen-bond acceptors (Lipinski definition) is 3. The summed E-state index contributed by atoms with van der Waals surface area (Å²) in [6, 6.07) is 12.7. The number of benzene rings is 1. The molecule has 2 N–H and O–H groups in total. The summed E-state index contributed by atoms with van der Waals surface area (Å²) in [6.07, 6.45) is 5.21. The molecule has 1 atom stereocenters. The molecule has 1 aliphatic rings. The van der Waals surface area contributed by atoms with Crippen LogP contribution in [-0.2, 0) is 6.42 Å². The van der Waals surface area contributed by atoms with E-state index in [1.54, 1.807) is 6.20 Å². The second kappa shape index (κ2) is 4.34. The molecule has 0 saturated heterocycles. The highest BCUT2D eigenvalue weighted by Crippen LogP contribution is 2.35. The third-order valence-electron chi connectivity index (χ3n) is 4.13. The van der Waals surface area contributed by atoms with E-state index in [1.165, 1.54) is 17.5 Å². The monoisotopic (exact) mass is 264 g/mol. The van der Waals surface area contributed by atoms with Crippen LogP contribution in [0.1, 0.15) is 30.0 Å². The number of anilines is 1. The van der Waals surface area contributed by atoms with Gasteiger partial charge in [0.05, 0.1) is 6.04 Å². The van der Waals surface area contributed by atoms with Crippen LogP contribution in [0.2, 0.25) is 0 Å². The van der Waals surface area contributed by atoms with Crippen LogP contribution in [0.3, 0.4) is 0 Å². The van der Waals surface area contributed by atoms with Crippen molar-refractivity contribution in [1.29, 1.82) is 0 Å². The van der Waals surface area contributed by atoms with Crippen LogP contribution >= 0.6 is 0 Å². The molecule has 0 spiro atoms. The van der Waals surface area contributed by atoms with Crippen LogP contribution in [-0.4, -0.2) is 14.5 Å². The van der Waals surface area contributed by atoms with Crippen molar-refractivity contribution in [2.75, 3.05) is 5.73 Å². The second-order valence-electron chi connectivity index (χ2n) is 5.29. The quantitative estimate of drug-likeness (QED) is 0.735. The van der Waals surface area contributed by atoms with Gasteiger partial charge in [0.25, 0.3) is 0 Å². The van der Waals surface area contributed by atoms with Gasteiger partial charge in [0.15, 0.2) is 5.65 Å². The van der Waals surface area contributed by atoms with Crippen molar-refractivity contribution in [2.24, 2.45) is 0 Å². The molecule has 100 valence electrons. The third-order valence-corrected chi connectivity index (χ3v) is 4.13. The van der Waals surface area contributed by atoms with Crippen LogP contribution in [0.25, 0.3) is 11.2 Å². The Morgan fingerprint density at radius 2 is 2.05 bits per heavy atom. The number of nitrogens with two attached hydrogens (primary N) is 1. The standard InChI is InChI=1S/C16H16N4/c17-16-19-13-8-4-10-18-15(13)20(16)14-9-3-6-11-5-1-2-7-12(11)14/h1-2,4-5,7-8,10,14H,3,6,9H2,(H2,17,19). The first-order valence-corrected chi connectivity index (χ1v) is 7.01. The Balaban J connectivity index is 1.95. The number of aryl methyl sites for hydroxylation is 1. The van der Waals surface area contributed by atoms with Crippen LogP contribution < -0.4 is 5.73 Å². The van der Waals surface area contributed by atoms with Crippen molar-refractivity contribution in [3.05, 3.63) is 53.7 Å². The molecule has 2 aromatic heterocycles. The van der Waals surface area contributed by atoms with Gasteiger partial charge < -0.3 is 5.73 Å². The maximum Gasteiger partial charge on any atom is 0.203 e. The van der Waals surface area contributed by atoms with Crippen molar-refractivity contribution in [3.63, 3.8) is 0 Å². The van der Waals surface area contributed by atoms with Crippen molar-refractivity contribution in [3.8, 4) is 0 Å². The average Bonchev–Trinajstić information content (AvgIpc) is 2.82. The van der Waals surface area contributed by atoms with Gasteiger partial charge in [-0.25, -0.2) is 9.97 Å². The molecular formula is C16H16N4. The van der Waals surface area contributed by atoms with Gasteiger partial charge in [0.2, 0.25) is 5.95 Å². The van der Waals surface area contributed by atoms with E-state index in [-0.39, 0.29) is 6.04 Å². The summed E-state index contributed by atoms with van der Waals surface area (Å²) in [6.45, 7) is 0. The van der Waals surface area contributed by atoms with Gasteiger partial charge in [-0.3, -0.25) is 4.57 Å². The summed E-state index contributed by atoms with van der Waals surface area (Å²) < 4.78 is 2.09. The van der Waals surface area contributed by atoms with Gasteiger partial charge in [-0.05, 0) is 42.5 Å². The zero-order valence-corrected chi connectivity index (χ0v) is 11.2. The highest BCUT2D eigenvalue weighted by Gasteiger charge is 2.25. The van der Waals surface area contributed by atoms with E-state index in [0.29, 0.717) is 5.95 Å². The Kier molecular flexibility index (Phi) is 2.49. The van der Waals surface area contributed by atoms with Gasteiger partial charge in [-0.1, -0.05) is 24.3 Å². The lowest BCUT2D eigenvalue weighted by Gasteiger charge is -2.27. The van der Waals surface area contributed by atoms with Gasteiger partial charge >= 0.3 is 0 Å². The Morgan fingerprint density at radius 3 is 3.00 bits per heavy atom. The van der Waals surface area contributed by atoms with E-state index >= 15 is 0 Å². The molecule has 1 aromatic carbocycles. The molecule has 0 fully saturated rings. The minimum Gasteiger partial charge on any atom is -0.369 e. The molecule has 2 heterocycles. The zero-order chi connectivity index (χ0) is 13.5. The number of nitrogen functional groups attached to an aromatic ring is 1. The van der Waals surface area contributed by atoms with E-state index in [0.717, 1.165) is 24.0 Å². The summed E-state index contributed by atoms with van der Waals surface area (Å²) in [5.74, 6) is 0.556. The van der Waals surface area contributed by atoms with Gasteiger partial charge in [0.1, 0.15) is 5.52 Å². The predicted octanol–water partition coefficient (Wildman–Crippen LogP) is 2.94. The highest BCUT2D eigenvalue weighted by atomic mass is 15.2. The molecule has 4 rings (SSSR count). The van der Waals surface area contributed by atoms with Gasteiger partial charge in [-0.15, -0.1) is 0 Å². The topological polar surface area (TPSA) is 56.7 Å². The molecule has 4 nitrogen and oxygen atoms in total. The molecule has 0 bridgehead atoms. The molecular weight excluding hydrogens is 248 g/mol. The maximum absolute atomic E-state index is 6.15. The summed E-state index contributed by atoms with van der Waals surface area (Å²) in [4.78, 5) is 8.91. The van der Waals surface area contributed by atoms with Crippen LogP contribution in [0.5, 0.6) is 0 Å². The van der Waals surface area contributed by atoms with Crippen molar-refractivity contribution in [1.82, 2.24) is 14.5 Å². The van der Waals surface area contributed by atoms with Crippen LogP contribution in [0.15, 0.2) is 42.6 Å². The van der Waals surface area contributed by atoms with Crippen molar-refractivity contribution < 1.29 is 0 Å². The molecule has 0 amide bonds. The molecule has 20 heavy (non-hydrogen) atoms. The van der Waals surface area contributed by atoms with E-state index < -0.39 is 0 Å². The predicted molar refractivity (Wildman–Crippen MR) is 79.5 cm³/mol. The summed E-state index contributed by atoms with van der Waals surface area (Å²) in [7, 11) is 0. The van der Waals surface area contributed by atoms with Crippen molar-refractivity contribution in [2.45, 2.75) is 25.3 Å². The number of pyridine rings is 1. The number of imidazole rings is 1. The summed E-state index contributed by atoms with van der Waals surface area (Å²) >= 11 is 0. The fourth-order valence-electron chi connectivity index (χ4n) is 3.25. The average molecular weight is 264 g/mol. The minimum absolute atomic E-state index is 0.250. The smallest absolute Gasteiger partial charge is 0.203 e. The maximum atomic E-state index is 6.15. The first-order valence-electron chi connectivity index (χ1n) is 7.01. The highest BCUT2D eigenvalue weighted by molar-refractivity contribution is 5.74. The van der Waals surface area contributed by atoms with E-state index in [1.807, 2.05) is 12.1 Å². The van der Waals surface area contributed by atoms with Crippen LogP contribution in [0, 0.1) is 0 Å². The lowest BCUT2D eigenvalue weighted by Crippen LogP contribution is -2.19. The fraction of sp³-hybridized carbons (Fsp3) is 0.250. The largest absolute Gasteiger partial charge is 0.369 e. The van der Waals surface area contributed by atoms with E-state index in [9.17, 15) is 0 Å². The number of rotatable bonds is 1. The normalized spacial score (nSPS) is 18.1. The summed E-state index contributed by atoms with van der Waals surface area (Å²) in [5, 5.41) is 0. The number of fused-ring (bicyclic) bond motifs is 2. The number of hydrogen-bond donors (Lipinski definition) is 1. The molecule has 1 aliphatic carbocycles. The second-order valence-corrected chi connectivity index (χ2v) is 5.29. The van der Waals surface area contributed by atoms with E-state index in [4.69, 9.17) is 5.73 Å². The Bertz CT molecular complexity index is 775. The van der Waals surface area contributed by atoms with Crippen LogP contribution in [0.4, 0.5) is 5.95 Å². The SMILES string of the molecule is Nc1nc2cccnc2n1C1CCCc2ccccc21. The third kappa shape index (κ3) is 1.61. The number of aromatic nitrogens is 3. The molecule has 0 saturated carbocycles. The number of nitrogens with zero attached hydrogens (tertiary/aromatic N) is 3. The molecule has 4 heteroatoms. The Labute approximate surface area is 117 Å². The Hall–Kier alpha value is -2.36. The first-order chi connectivity index (χ1) is 9.84.